The molecular weight excluding hydrogens is 194 g/mol. The summed E-state index contributed by atoms with van der Waals surface area (Å²) in [7, 11) is 0. The Balaban J connectivity index is 3.01. The van der Waals surface area contributed by atoms with Gasteiger partial charge in [-0.3, -0.25) is 4.79 Å². The fourth-order valence-electron chi connectivity index (χ4n) is 1.02. The minimum atomic E-state index is 0.0457. The molecule has 0 unspecified atom stereocenters. The van der Waals surface area contributed by atoms with Crippen molar-refractivity contribution < 1.29 is 14.3 Å². The molecule has 0 aliphatic heterocycles. The Morgan fingerprint density at radius 3 is 2.33 bits per heavy atom. The number of hydrogen-bond donors (Lipinski definition) is 1. The van der Waals surface area contributed by atoms with E-state index in [2.05, 4.69) is 12.2 Å². The molecular formula is C11H23NO3. The second kappa shape index (κ2) is 11.5. The van der Waals surface area contributed by atoms with Crippen molar-refractivity contribution in [2.75, 3.05) is 33.0 Å². The molecule has 0 bridgehead atoms. The van der Waals surface area contributed by atoms with Crippen LogP contribution < -0.4 is 5.32 Å². The van der Waals surface area contributed by atoms with Crippen LogP contribution in [0.4, 0.5) is 0 Å². The van der Waals surface area contributed by atoms with Gasteiger partial charge >= 0.3 is 0 Å². The van der Waals surface area contributed by atoms with Crippen molar-refractivity contribution in [2.24, 2.45) is 0 Å². The van der Waals surface area contributed by atoms with Crippen molar-refractivity contribution in [3.63, 3.8) is 0 Å². The van der Waals surface area contributed by atoms with Crippen molar-refractivity contribution >= 4 is 5.91 Å². The number of unbranched alkanes of at least 4 members (excludes halogenated alkanes) is 1. The van der Waals surface area contributed by atoms with Gasteiger partial charge in [0, 0.05) is 19.6 Å². The molecule has 1 amide bonds. The molecule has 0 atom stereocenters. The Morgan fingerprint density at radius 1 is 1.07 bits per heavy atom. The van der Waals surface area contributed by atoms with E-state index in [1.807, 2.05) is 6.92 Å². The lowest BCUT2D eigenvalue weighted by atomic mass is 10.4. The highest BCUT2D eigenvalue weighted by atomic mass is 16.5. The monoisotopic (exact) mass is 217 g/mol. The van der Waals surface area contributed by atoms with Crippen LogP contribution >= 0.6 is 0 Å². The SMILES string of the molecule is CCCCOCCOCCC(=O)NCC. The highest BCUT2D eigenvalue weighted by molar-refractivity contribution is 5.75. The van der Waals surface area contributed by atoms with Crippen LogP contribution in [0.15, 0.2) is 0 Å². The maximum Gasteiger partial charge on any atom is 0.222 e. The van der Waals surface area contributed by atoms with Crippen LogP contribution in [-0.2, 0) is 14.3 Å². The summed E-state index contributed by atoms with van der Waals surface area (Å²) in [5, 5.41) is 2.71. The number of hydrogen-bond acceptors (Lipinski definition) is 3. The molecule has 0 aromatic heterocycles. The van der Waals surface area contributed by atoms with Gasteiger partial charge in [0.25, 0.3) is 0 Å². The lowest BCUT2D eigenvalue weighted by Gasteiger charge is -2.05. The predicted molar refractivity (Wildman–Crippen MR) is 59.8 cm³/mol. The highest BCUT2D eigenvalue weighted by Gasteiger charge is 1.98. The molecule has 0 aromatic carbocycles. The van der Waals surface area contributed by atoms with Gasteiger partial charge in [0.2, 0.25) is 5.91 Å². The lowest BCUT2D eigenvalue weighted by molar-refractivity contribution is -0.122. The van der Waals surface area contributed by atoms with Crippen molar-refractivity contribution in [2.45, 2.75) is 33.1 Å². The van der Waals surface area contributed by atoms with Gasteiger partial charge in [-0.05, 0) is 13.3 Å². The zero-order valence-electron chi connectivity index (χ0n) is 9.88. The summed E-state index contributed by atoms with van der Waals surface area (Å²) in [4.78, 5) is 11.0. The molecule has 0 aromatic rings. The second-order valence-electron chi connectivity index (χ2n) is 3.28. The number of rotatable bonds is 10. The van der Waals surface area contributed by atoms with Gasteiger partial charge in [0.05, 0.1) is 19.8 Å². The molecule has 90 valence electrons. The third-order valence-electron chi connectivity index (χ3n) is 1.86. The van der Waals surface area contributed by atoms with E-state index in [0.29, 0.717) is 32.8 Å². The predicted octanol–water partition coefficient (Wildman–Crippen LogP) is 1.35. The maximum atomic E-state index is 11.0. The van der Waals surface area contributed by atoms with Gasteiger partial charge in [-0.2, -0.15) is 0 Å². The zero-order chi connectivity index (χ0) is 11.4. The Labute approximate surface area is 92.3 Å². The Morgan fingerprint density at radius 2 is 1.73 bits per heavy atom. The van der Waals surface area contributed by atoms with E-state index < -0.39 is 0 Å². The number of carbonyl (C=O) groups is 1. The van der Waals surface area contributed by atoms with E-state index in [4.69, 9.17) is 9.47 Å². The molecule has 0 heterocycles. The first kappa shape index (κ1) is 14.4. The number of carbonyl (C=O) groups excluding carboxylic acids is 1. The van der Waals surface area contributed by atoms with Gasteiger partial charge in [-0.1, -0.05) is 13.3 Å². The van der Waals surface area contributed by atoms with Gasteiger partial charge < -0.3 is 14.8 Å². The van der Waals surface area contributed by atoms with Gasteiger partial charge in [0.1, 0.15) is 0 Å². The van der Waals surface area contributed by atoms with E-state index >= 15 is 0 Å². The first-order chi connectivity index (χ1) is 7.31. The molecule has 0 spiro atoms. The minimum absolute atomic E-state index is 0.0457. The van der Waals surface area contributed by atoms with Crippen LogP contribution in [0.25, 0.3) is 0 Å². The molecule has 0 fully saturated rings. The minimum Gasteiger partial charge on any atom is -0.379 e. The topological polar surface area (TPSA) is 47.6 Å². The van der Waals surface area contributed by atoms with Crippen molar-refractivity contribution in [1.29, 1.82) is 0 Å². The summed E-state index contributed by atoms with van der Waals surface area (Å²) in [6, 6.07) is 0. The molecule has 1 N–H and O–H groups in total. The average molecular weight is 217 g/mol. The van der Waals surface area contributed by atoms with E-state index in [9.17, 15) is 4.79 Å². The molecule has 0 rings (SSSR count). The third-order valence-corrected chi connectivity index (χ3v) is 1.86. The van der Waals surface area contributed by atoms with Crippen molar-refractivity contribution in [3.05, 3.63) is 0 Å². The fraction of sp³-hybridized carbons (Fsp3) is 0.909. The standard InChI is InChI=1S/C11H23NO3/c1-3-5-7-14-9-10-15-8-6-11(13)12-4-2/h3-10H2,1-2H3,(H,12,13). The molecule has 0 radical (unpaired) electrons. The van der Waals surface area contributed by atoms with Crippen LogP contribution in [0.3, 0.4) is 0 Å². The van der Waals surface area contributed by atoms with Crippen LogP contribution in [-0.4, -0.2) is 38.9 Å². The Hall–Kier alpha value is -0.610. The first-order valence-electron chi connectivity index (χ1n) is 5.73. The molecule has 0 saturated carbocycles. The summed E-state index contributed by atoms with van der Waals surface area (Å²) in [6.45, 7) is 7.18. The van der Waals surface area contributed by atoms with Crippen LogP contribution in [0, 0.1) is 0 Å². The largest absolute Gasteiger partial charge is 0.379 e. The number of amides is 1. The van der Waals surface area contributed by atoms with Gasteiger partial charge in [-0.15, -0.1) is 0 Å². The zero-order valence-corrected chi connectivity index (χ0v) is 9.88. The summed E-state index contributed by atoms with van der Waals surface area (Å²) >= 11 is 0. The molecule has 4 heteroatoms. The van der Waals surface area contributed by atoms with Gasteiger partial charge in [-0.25, -0.2) is 0 Å². The summed E-state index contributed by atoms with van der Waals surface area (Å²) in [6.07, 6.45) is 2.68. The third kappa shape index (κ3) is 11.3. The van der Waals surface area contributed by atoms with E-state index in [1.165, 1.54) is 0 Å². The normalized spacial score (nSPS) is 10.3. The lowest BCUT2D eigenvalue weighted by Crippen LogP contribution is -2.24. The fourth-order valence-corrected chi connectivity index (χ4v) is 1.02. The van der Waals surface area contributed by atoms with Gasteiger partial charge in [0.15, 0.2) is 0 Å². The van der Waals surface area contributed by atoms with Crippen LogP contribution in [0.2, 0.25) is 0 Å². The highest BCUT2D eigenvalue weighted by Crippen LogP contribution is 1.88. The van der Waals surface area contributed by atoms with Crippen LogP contribution in [0.5, 0.6) is 0 Å². The van der Waals surface area contributed by atoms with Crippen molar-refractivity contribution in [3.8, 4) is 0 Å². The Kier molecular flexibility index (Phi) is 11.0. The molecule has 15 heavy (non-hydrogen) atoms. The number of ether oxygens (including phenoxy) is 2. The van der Waals surface area contributed by atoms with E-state index in [0.717, 1.165) is 19.4 Å². The van der Waals surface area contributed by atoms with Crippen molar-refractivity contribution in [1.82, 2.24) is 5.32 Å². The summed E-state index contributed by atoms with van der Waals surface area (Å²) in [5.41, 5.74) is 0. The average Bonchev–Trinajstić information content (AvgIpc) is 2.22. The molecule has 0 aliphatic rings. The summed E-state index contributed by atoms with van der Waals surface area (Å²) < 4.78 is 10.5. The molecule has 4 nitrogen and oxygen atoms in total. The Bertz CT molecular complexity index is 151. The molecule has 0 saturated heterocycles. The van der Waals surface area contributed by atoms with Crippen LogP contribution in [0.1, 0.15) is 33.1 Å². The first-order valence-corrected chi connectivity index (χ1v) is 5.73. The maximum absolute atomic E-state index is 11.0. The second-order valence-corrected chi connectivity index (χ2v) is 3.28. The summed E-state index contributed by atoms with van der Waals surface area (Å²) in [5.74, 6) is 0.0457. The smallest absolute Gasteiger partial charge is 0.222 e. The van der Waals surface area contributed by atoms with E-state index in [-0.39, 0.29) is 5.91 Å². The number of nitrogens with one attached hydrogen (secondary N) is 1. The van der Waals surface area contributed by atoms with E-state index in [1.54, 1.807) is 0 Å². The molecule has 0 aliphatic carbocycles. The quantitative estimate of drug-likeness (QED) is 0.562.